The summed E-state index contributed by atoms with van der Waals surface area (Å²) in [7, 11) is 0. The highest BCUT2D eigenvalue weighted by Gasteiger charge is 2.33. The Bertz CT molecular complexity index is 1540. The molecule has 6 N–H and O–H groups in total. The SMILES string of the molecule is Cc1ccc(-c2cc(C(=O)N3CCNC(=O)[C@H]([C@@H](C)O)NC(=O)[C@H](Cc4ccccc4)NC(=O)[C@@H](C(C)C)NC(=O)C3)[nH]n2)cc1. The van der Waals surface area contributed by atoms with Gasteiger partial charge in [0.15, 0.2) is 0 Å². The van der Waals surface area contributed by atoms with Crippen molar-refractivity contribution in [1.82, 2.24) is 36.4 Å². The number of hydrogen-bond acceptors (Lipinski definition) is 7. The van der Waals surface area contributed by atoms with Gasteiger partial charge in [0.2, 0.25) is 23.6 Å². The minimum absolute atomic E-state index is 0.0892. The lowest BCUT2D eigenvalue weighted by atomic mass is 10.0. The number of hydrogen-bond donors (Lipinski definition) is 6. The number of aryl methyl sites for hydroxylation is 1. The predicted octanol–water partition coefficient (Wildman–Crippen LogP) is 0.691. The first-order valence-corrected chi connectivity index (χ1v) is 15.2. The van der Waals surface area contributed by atoms with E-state index < -0.39 is 60.3 Å². The predicted molar refractivity (Wildman–Crippen MR) is 170 cm³/mol. The number of aliphatic hydroxyl groups excluding tert-OH is 1. The third kappa shape index (κ3) is 8.78. The maximum absolute atomic E-state index is 13.6. The summed E-state index contributed by atoms with van der Waals surface area (Å²) in [5.41, 5.74) is 3.29. The molecule has 0 aliphatic carbocycles. The highest BCUT2D eigenvalue weighted by Crippen LogP contribution is 2.19. The third-order valence-electron chi connectivity index (χ3n) is 7.70. The Morgan fingerprint density at radius 2 is 1.61 bits per heavy atom. The number of rotatable bonds is 6. The molecule has 1 aliphatic heterocycles. The van der Waals surface area contributed by atoms with E-state index in [1.807, 2.05) is 37.3 Å². The normalized spacial score (nSPS) is 20.9. The van der Waals surface area contributed by atoms with Crippen LogP contribution in [-0.2, 0) is 25.6 Å². The number of carbonyl (C=O) groups is 5. The molecule has 0 spiro atoms. The monoisotopic (exact) mass is 631 g/mol. The van der Waals surface area contributed by atoms with Gasteiger partial charge in [0.25, 0.3) is 5.91 Å². The number of carbonyl (C=O) groups excluding carboxylic acids is 5. The van der Waals surface area contributed by atoms with Gasteiger partial charge in [-0.05, 0) is 31.4 Å². The van der Waals surface area contributed by atoms with E-state index in [9.17, 15) is 29.1 Å². The zero-order valence-electron chi connectivity index (χ0n) is 26.4. The van der Waals surface area contributed by atoms with Gasteiger partial charge in [0.1, 0.15) is 23.8 Å². The minimum Gasteiger partial charge on any atom is -0.391 e. The molecular weight excluding hydrogens is 590 g/mol. The number of H-pyrrole nitrogens is 1. The van der Waals surface area contributed by atoms with E-state index in [0.29, 0.717) is 5.69 Å². The average molecular weight is 632 g/mol. The highest BCUT2D eigenvalue weighted by atomic mass is 16.3. The molecule has 13 nitrogen and oxygen atoms in total. The molecular formula is C33H41N7O6. The molecule has 2 heterocycles. The molecule has 4 rings (SSSR count). The summed E-state index contributed by atoms with van der Waals surface area (Å²) in [5.74, 6) is -3.50. The molecule has 2 aromatic carbocycles. The van der Waals surface area contributed by atoms with Crippen molar-refractivity contribution in [2.24, 2.45) is 5.92 Å². The Labute approximate surface area is 267 Å². The lowest BCUT2D eigenvalue weighted by molar-refractivity contribution is -0.135. The minimum atomic E-state index is -1.35. The van der Waals surface area contributed by atoms with Crippen molar-refractivity contribution < 1.29 is 29.1 Å². The molecule has 13 heteroatoms. The first kappa shape index (κ1) is 33.8. The van der Waals surface area contributed by atoms with Gasteiger partial charge in [0.05, 0.1) is 18.3 Å². The molecule has 0 unspecified atom stereocenters. The van der Waals surface area contributed by atoms with Crippen LogP contribution < -0.4 is 21.3 Å². The lowest BCUT2D eigenvalue weighted by Gasteiger charge is -2.27. The highest BCUT2D eigenvalue weighted by molar-refractivity contribution is 5.98. The van der Waals surface area contributed by atoms with Crippen molar-refractivity contribution in [3.8, 4) is 11.3 Å². The van der Waals surface area contributed by atoms with Crippen molar-refractivity contribution in [3.63, 3.8) is 0 Å². The van der Waals surface area contributed by atoms with Crippen LogP contribution in [-0.4, -0.2) is 93.6 Å². The van der Waals surface area contributed by atoms with E-state index in [4.69, 9.17) is 0 Å². The molecule has 0 bridgehead atoms. The Kier molecular flexibility index (Phi) is 11.3. The summed E-state index contributed by atoms with van der Waals surface area (Å²) in [4.78, 5) is 68.3. The second-order valence-electron chi connectivity index (χ2n) is 11.8. The van der Waals surface area contributed by atoms with Crippen molar-refractivity contribution in [1.29, 1.82) is 0 Å². The van der Waals surface area contributed by atoms with Gasteiger partial charge >= 0.3 is 0 Å². The number of nitrogens with one attached hydrogen (secondary N) is 5. The van der Waals surface area contributed by atoms with Crippen LogP contribution in [0.25, 0.3) is 11.3 Å². The second-order valence-corrected chi connectivity index (χ2v) is 11.8. The fraction of sp³-hybridized carbons (Fsp3) is 0.394. The molecule has 244 valence electrons. The molecule has 0 radical (unpaired) electrons. The van der Waals surface area contributed by atoms with Crippen LogP contribution >= 0.6 is 0 Å². The zero-order chi connectivity index (χ0) is 33.4. The number of aromatic nitrogens is 2. The first-order chi connectivity index (χ1) is 21.9. The van der Waals surface area contributed by atoms with Crippen molar-refractivity contribution in [2.75, 3.05) is 19.6 Å². The van der Waals surface area contributed by atoms with Crippen LogP contribution in [0.4, 0.5) is 0 Å². The Balaban J connectivity index is 1.61. The van der Waals surface area contributed by atoms with Crippen LogP contribution in [0.1, 0.15) is 42.4 Å². The largest absolute Gasteiger partial charge is 0.391 e. The van der Waals surface area contributed by atoms with Gasteiger partial charge in [-0.25, -0.2) is 0 Å². The maximum Gasteiger partial charge on any atom is 0.272 e. The van der Waals surface area contributed by atoms with E-state index in [0.717, 1.165) is 16.7 Å². The van der Waals surface area contributed by atoms with Crippen LogP contribution in [0.5, 0.6) is 0 Å². The van der Waals surface area contributed by atoms with Gasteiger partial charge in [-0.2, -0.15) is 5.10 Å². The van der Waals surface area contributed by atoms with Crippen LogP contribution in [0, 0.1) is 12.8 Å². The van der Waals surface area contributed by atoms with E-state index >= 15 is 0 Å². The van der Waals surface area contributed by atoms with Gasteiger partial charge in [-0.1, -0.05) is 74.0 Å². The Hall–Kier alpha value is -5.04. The zero-order valence-corrected chi connectivity index (χ0v) is 26.4. The molecule has 1 aliphatic rings. The standard InChI is InChI=1S/C33H41N7O6/c1-19(2)28-32(45)35-25(16-22-8-6-5-7-9-22)30(43)37-29(21(4)41)31(44)34-14-15-40(18-27(42)36-28)33(46)26-17-24(38-39-26)23-12-10-20(3)11-13-23/h5-13,17,19,21,25,28-29,41H,14-16,18H2,1-4H3,(H,34,44)(H,35,45)(H,36,42)(H,37,43)(H,38,39)/t21-,25+,28-,29+/m1/s1. The lowest BCUT2D eigenvalue weighted by Crippen LogP contribution is -2.60. The Morgan fingerprint density at radius 1 is 0.913 bits per heavy atom. The Morgan fingerprint density at radius 3 is 2.26 bits per heavy atom. The van der Waals surface area contributed by atoms with Crippen LogP contribution in [0.3, 0.4) is 0 Å². The number of aliphatic hydroxyl groups is 1. The van der Waals surface area contributed by atoms with E-state index in [1.54, 1.807) is 44.2 Å². The summed E-state index contributed by atoms with van der Waals surface area (Å²) < 4.78 is 0. The maximum atomic E-state index is 13.6. The topological polar surface area (TPSA) is 186 Å². The average Bonchev–Trinajstić information content (AvgIpc) is 3.51. The summed E-state index contributed by atoms with van der Waals surface area (Å²) >= 11 is 0. The summed E-state index contributed by atoms with van der Waals surface area (Å²) in [5, 5.41) is 28.0. The molecule has 5 amide bonds. The fourth-order valence-electron chi connectivity index (χ4n) is 5.06. The molecule has 1 saturated heterocycles. The first-order valence-electron chi connectivity index (χ1n) is 15.2. The van der Waals surface area contributed by atoms with E-state index in [1.165, 1.54) is 11.8 Å². The summed E-state index contributed by atoms with van der Waals surface area (Å²) in [6, 6.07) is 14.7. The van der Waals surface area contributed by atoms with Gasteiger partial charge in [-0.3, -0.25) is 29.1 Å². The number of aromatic amines is 1. The molecule has 1 aromatic heterocycles. The molecule has 3 aromatic rings. The third-order valence-corrected chi connectivity index (χ3v) is 7.70. The summed E-state index contributed by atoms with van der Waals surface area (Å²) in [6.07, 6.45) is -1.18. The van der Waals surface area contributed by atoms with Gasteiger partial charge in [0, 0.05) is 25.1 Å². The van der Waals surface area contributed by atoms with Crippen molar-refractivity contribution >= 4 is 29.5 Å². The van der Waals surface area contributed by atoms with Crippen molar-refractivity contribution in [2.45, 2.75) is 58.3 Å². The van der Waals surface area contributed by atoms with E-state index in [2.05, 4.69) is 31.5 Å². The summed E-state index contributed by atoms with van der Waals surface area (Å²) in [6.45, 7) is 6.22. The molecule has 4 atom stereocenters. The molecule has 1 fully saturated rings. The van der Waals surface area contributed by atoms with Crippen LogP contribution in [0.15, 0.2) is 60.7 Å². The quantitative estimate of drug-likeness (QED) is 0.231. The molecule has 0 saturated carbocycles. The fourth-order valence-corrected chi connectivity index (χ4v) is 5.06. The van der Waals surface area contributed by atoms with Crippen molar-refractivity contribution in [3.05, 3.63) is 77.5 Å². The molecule has 46 heavy (non-hydrogen) atoms. The van der Waals surface area contributed by atoms with Gasteiger partial charge in [-0.15, -0.1) is 0 Å². The van der Waals surface area contributed by atoms with E-state index in [-0.39, 0.29) is 31.1 Å². The van der Waals surface area contributed by atoms with Crippen LogP contribution in [0.2, 0.25) is 0 Å². The number of benzene rings is 2. The number of amides is 5. The second kappa shape index (κ2) is 15.3. The number of nitrogens with zero attached hydrogens (tertiary/aromatic N) is 2. The van der Waals surface area contributed by atoms with Gasteiger partial charge < -0.3 is 31.3 Å². The smallest absolute Gasteiger partial charge is 0.272 e.